The smallest absolute Gasteiger partial charge is 0.337 e. The second kappa shape index (κ2) is 10.6. The van der Waals surface area contributed by atoms with Crippen molar-refractivity contribution >= 4 is 34.7 Å². The van der Waals surface area contributed by atoms with Crippen LogP contribution in [0.4, 0.5) is 4.39 Å². The van der Waals surface area contributed by atoms with Crippen LogP contribution < -0.4 is 11.0 Å². The maximum absolute atomic E-state index is 12.1. The lowest BCUT2D eigenvalue weighted by atomic mass is 10.1. The summed E-state index contributed by atoms with van der Waals surface area (Å²) in [6.07, 6.45) is 2.44. The minimum Gasteiger partial charge on any atom is -0.466 e. The van der Waals surface area contributed by atoms with Gasteiger partial charge in [-0.25, -0.2) is 19.6 Å². The van der Waals surface area contributed by atoms with Gasteiger partial charge in [-0.15, -0.1) is 16.9 Å². The first-order valence-corrected chi connectivity index (χ1v) is 10.3. The fourth-order valence-electron chi connectivity index (χ4n) is 3.09. The molecule has 0 spiro atoms. The normalized spacial score (nSPS) is 17.8. The predicted molar refractivity (Wildman–Crippen MR) is 112 cm³/mol. The molecule has 8 nitrogen and oxygen atoms in total. The number of esters is 1. The molecule has 0 saturated carbocycles. The van der Waals surface area contributed by atoms with E-state index in [1.165, 1.54) is 37.7 Å². The van der Waals surface area contributed by atoms with Crippen LogP contribution in [0.5, 0.6) is 0 Å². The summed E-state index contributed by atoms with van der Waals surface area (Å²) in [5.41, 5.74) is 7.23. The van der Waals surface area contributed by atoms with Crippen LogP contribution >= 0.6 is 22.9 Å². The molecule has 1 saturated heterocycles. The SMILES string of the molecule is CONNC1CC2=C(C(=O)OC)CN=C(c3nccs3)N2C1.Fc1cccc(Cl)c1. The van der Waals surface area contributed by atoms with E-state index in [4.69, 9.17) is 21.2 Å². The Morgan fingerprint density at radius 1 is 1.40 bits per heavy atom. The summed E-state index contributed by atoms with van der Waals surface area (Å²) in [5.74, 6) is 0.180. The van der Waals surface area contributed by atoms with E-state index in [2.05, 4.69) is 21.0 Å². The van der Waals surface area contributed by atoms with Crippen molar-refractivity contribution in [1.29, 1.82) is 0 Å². The van der Waals surface area contributed by atoms with Crippen molar-refractivity contribution in [2.75, 3.05) is 27.3 Å². The molecule has 2 N–H and O–H groups in total. The second-order valence-electron chi connectivity index (χ2n) is 6.30. The molecule has 1 unspecified atom stereocenters. The van der Waals surface area contributed by atoms with Crippen molar-refractivity contribution in [3.05, 3.63) is 63.0 Å². The van der Waals surface area contributed by atoms with Crippen LogP contribution in [0.1, 0.15) is 11.4 Å². The van der Waals surface area contributed by atoms with Crippen molar-refractivity contribution in [1.82, 2.24) is 20.9 Å². The van der Waals surface area contributed by atoms with Crippen LogP contribution in [-0.2, 0) is 14.4 Å². The Kier molecular flexibility index (Phi) is 7.88. The van der Waals surface area contributed by atoms with E-state index in [1.54, 1.807) is 18.3 Å². The standard InChI is InChI=1S/C13H17N5O3S.C6H4ClF/c1-20-13(19)9-6-15-11(12-14-3-4-22-12)18-7-8(5-10(9)18)16-17-21-2;7-5-2-1-3-6(8)4-5/h3-4,8,16-17H,5-7H2,1-2H3;1-4H. The molecule has 30 heavy (non-hydrogen) atoms. The first kappa shape index (κ1) is 22.3. The summed E-state index contributed by atoms with van der Waals surface area (Å²) in [6.45, 7) is 0.989. The van der Waals surface area contributed by atoms with Gasteiger partial charge in [-0.3, -0.25) is 9.83 Å². The molecule has 2 aliphatic rings. The largest absolute Gasteiger partial charge is 0.466 e. The number of aromatic nitrogens is 1. The van der Waals surface area contributed by atoms with E-state index < -0.39 is 0 Å². The third-order valence-electron chi connectivity index (χ3n) is 4.37. The number of hydrogen-bond donors (Lipinski definition) is 2. The Balaban J connectivity index is 0.000000269. The Labute approximate surface area is 182 Å². The zero-order valence-electron chi connectivity index (χ0n) is 16.4. The lowest BCUT2D eigenvalue weighted by Crippen LogP contribution is -2.42. The number of halogens is 2. The molecule has 1 aromatic carbocycles. The van der Waals surface area contributed by atoms with Crippen LogP contribution in [0.2, 0.25) is 5.02 Å². The van der Waals surface area contributed by atoms with Gasteiger partial charge in [0.1, 0.15) is 5.82 Å². The van der Waals surface area contributed by atoms with Crippen molar-refractivity contribution < 1.29 is 18.8 Å². The molecule has 0 amide bonds. The van der Waals surface area contributed by atoms with Gasteiger partial charge in [-0.1, -0.05) is 17.7 Å². The molecular weight excluding hydrogens is 433 g/mol. The van der Waals surface area contributed by atoms with Gasteiger partial charge in [-0.2, -0.15) is 0 Å². The third-order valence-corrected chi connectivity index (χ3v) is 5.37. The van der Waals surface area contributed by atoms with E-state index in [-0.39, 0.29) is 17.8 Å². The lowest BCUT2D eigenvalue weighted by Gasteiger charge is -2.26. The molecule has 0 bridgehead atoms. The number of nitrogens with one attached hydrogen (secondary N) is 2. The molecule has 0 aliphatic carbocycles. The number of thiazole rings is 1. The van der Waals surface area contributed by atoms with Gasteiger partial charge in [0.05, 0.1) is 26.3 Å². The van der Waals surface area contributed by atoms with Crippen molar-refractivity contribution in [3.8, 4) is 0 Å². The van der Waals surface area contributed by atoms with E-state index in [0.717, 1.165) is 16.5 Å². The highest BCUT2D eigenvalue weighted by Crippen LogP contribution is 2.31. The summed E-state index contributed by atoms with van der Waals surface area (Å²) in [5, 5.41) is 3.20. The number of ether oxygens (including phenoxy) is 1. The Bertz CT molecular complexity index is 921. The average Bonchev–Trinajstić information content (AvgIpc) is 3.41. The number of hydrazine groups is 1. The summed E-state index contributed by atoms with van der Waals surface area (Å²) < 4.78 is 17.0. The number of fused-ring (bicyclic) bond motifs is 1. The van der Waals surface area contributed by atoms with E-state index >= 15 is 0 Å². The number of amidine groups is 1. The minimum atomic E-state index is -0.331. The van der Waals surface area contributed by atoms with Crippen LogP contribution in [0.3, 0.4) is 0 Å². The maximum atomic E-state index is 12.1. The summed E-state index contributed by atoms with van der Waals surface area (Å²) in [7, 11) is 2.92. The molecule has 3 heterocycles. The third kappa shape index (κ3) is 5.41. The highest BCUT2D eigenvalue weighted by Gasteiger charge is 2.37. The van der Waals surface area contributed by atoms with Gasteiger partial charge >= 0.3 is 5.97 Å². The lowest BCUT2D eigenvalue weighted by molar-refractivity contribution is -0.136. The quantitative estimate of drug-likeness (QED) is 0.531. The van der Waals surface area contributed by atoms with Gasteiger partial charge in [-0.05, 0) is 18.2 Å². The van der Waals surface area contributed by atoms with Crippen LogP contribution in [0.15, 0.2) is 52.1 Å². The van der Waals surface area contributed by atoms with Crippen LogP contribution in [-0.4, -0.2) is 55.0 Å². The molecule has 4 rings (SSSR count). The zero-order chi connectivity index (χ0) is 21.5. The highest BCUT2D eigenvalue weighted by molar-refractivity contribution is 7.11. The minimum absolute atomic E-state index is 0.0952. The van der Waals surface area contributed by atoms with Gasteiger partial charge in [0.15, 0.2) is 10.8 Å². The van der Waals surface area contributed by atoms with E-state index in [9.17, 15) is 9.18 Å². The van der Waals surface area contributed by atoms with Crippen molar-refractivity contribution in [3.63, 3.8) is 0 Å². The first-order valence-electron chi connectivity index (χ1n) is 9.00. The number of nitrogens with zero attached hydrogens (tertiary/aromatic N) is 3. The molecule has 0 radical (unpaired) electrons. The number of carbonyl (C=O) groups excluding carboxylic acids is 1. The molecule has 2 aromatic rings. The molecule has 11 heteroatoms. The topological polar surface area (TPSA) is 88.1 Å². The molecule has 2 aliphatic heterocycles. The number of benzene rings is 1. The fraction of sp³-hybridized carbons (Fsp3) is 0.316. The van der Waals surface area contributed by atoms with E-state index in [1.807, 2.05) is 10.3 Å². The summed E-state index contributed by atoms with van der Waals surface area (Å²) in [6, 6.07) is 5.91. The molecule has 1 atom stereocenters. The van der Waals surface area contributed by atoms with Gasteiger partial charge in [0, 0.05) is 41.3 Å². The molecule has 160 valence electrons. The summed E-state index contributed by atoms with van der Waals surface area (Å²) in [4.78, 5) is 27.7. The highest BCUT2D eigenvalue weighted by atomic mass is 35.5. The summed E-state index contributed by atoms with van der Waals surface area (Å²) >= 11 is 6.93. The number of aliphatic imine (C=N–C) groups is 1. The molecular formula is C19H21ClFN5O3S. The van der Waals surface area contributed by atoms with Crippen LogP contribution in [0.25, 0.3) is 0 Å². The van der Waals surface area contributed by atoms with Crippen molar-refractivity contribution in [2.24, 2.45) is 4.99 Å². The Morgan fingerprint density at radius 2 is 2.23 bits per heavy atom. The second-order valence-corrected chi connectivity index (χ2v) is 7.63. The van der Waals surface area contributed by atoms with Gasteiger partial charge < -0.3 is 9.64 Å². The molecule has 1 fully saturated rings. The van der Waals surface area contributed by atoms with Crippen LogP contribution in [0, 0.1) is 5.82 Å². The van der Waals surface area contributed by atoms with Gasteiger partial charge in [0.2, 0.25) is 0 Å². The predicted octanol–water partition coefficient (Wildman–Crippen LogP) is 2.54. The fourth-order valence-corrected chi connectivity index (χ4v) is 3.92. The van der Waals surface area contributed by atoms with Gasteiger partial charge in [0.25, 0.3) is 0 Å². The van der Waals surface area contributed by atoms with Crippen molar-refractivity contribution in [2.45, 2.75) is 12.5 Å². The van der Waals surface area contributed by atoms with E-state index in [0.29, 0.717) is 30.1 Å². The Hall–Kier alpha value is -2.37. The number of hydrogen-bond acceptors (Lipinski definition) is 9. The maximum Gasteiger partial charge on any atom is 0.337 e. The number of rotatable bonds is 5. The average molecular weight is 454 g/mol. The molecule has 1 aromatic heterocycles. The Morgan fingerprint density at radius 3 is 2.83 bits per heavy atom. The zero-order valence-corrected chi connectivity index (χ0v) is 18.0. The monoisotopic (exact) mass is 453 g/mol. The number of methoxy groups -OCH3 is 1. The number of carbonyl (C=O) groups is 1. The first-order chi connectivity index (χ1) is 14.5.